The normalized spacial score (nSPS) is 11.9. The number of rotatable bonds is 8. The average Bonchev–Trinajstić information content (AvgIpc) is 2.68. The van der Waals surface area contributed by atoms with Gasteiger partial charge in [0.05, 0.1) is 5.69 Å². The molecule has 18 heavy (non-hydrogen) atoms. The van der Waals surface area contributed by atoms with Gasteiger partial charge in [-0.3, -0.25) is 0 Å². The topological polar surface area (TPSA) is 59.1 Å². The number of nitrogens with zero attached hydrogens (tertiary/aromatic N) is 1. The summed E-state index contributed by atoms with van der Waals surface area (Å²) in [6, 6.07) is 0. The quantitative estimate of drug-likeness (QED) is 0.797. The Morgan fingerprint density at radius 1 is 1.28 bits per heavy atom. The molecule has 104 valence electrons. The van der Waals surface area contributed by atoms with Crippen molar-refractivity contribution in [3.63, 3.8) is 0 Å². The van der Waals surface area contributed by atoms with Crippen molar-refractivity contribution in [1.82, 2.24) is 10.3 Å². The van der Waals surface area contributed by atoms with Gasteiger partial charge in [0.25, 0.3) is 0 Å². The van der Waals surface area contributed by atoms with E-state index in [1.54, 1.807) is 6.92 Å². The summed E-state index contributed by atoms with van der Waals surface area (Å²) in [5.74, 6) is 0.259. The molecule has 1 heterocycles. The van der Waals surface area contributed by atoms with E-state index in [0.717, 1.165) is 36.6 Å². The molecule has 0 spiro atoms. The summed E-state index contributed by atoms with van der Waals surface area (Å²) in [7, 11) is -2.98. The van der Waals surface area contributed by atoms with E-state index < -0.39 is 9.84 Å². The monoisotopic (exact) mass is 290 g/mol. The lowest BCUT2D eigenvalue weighted by Crippen LogP contribution is -2.11. The van der Waals surface area contributed by atoms with Crippen LogP contribution in [0.3, 0.4) is 0 Å². The van der Waals surface area contributed by atoms with Gasteiger partial charge in [-0.15, -0.1) is 11.3 Å². The maximum atomic E-state index is 11.6. The second-order valence-electron chi connectivity index (χ2n) is 4.18. The van der Waals surface area contributed by atoms with Gasteiger partial charge in [-0.05, 0) is 13.0 Å². The van der Waals surface area contributed by atoms with E-state index in [4.69, 9.17) is 0 Å². The number of hydrogen-bond donors (Lipinski definition) is 1. The number of aromatic nitrogens is 1. The standard InChI is InChI=1S/C12H22N2O2S2/c1-4-7-10-11(8-13-5-2)17-12(14-10)9-18(15,16)6-3/h13H,4-9H2,1-3H3. The van der Waals surface area contributed by atoms with Crippen molar-refractivity contribution in [2.24, 2.45) is 0 Å². The summed E-state index contributed by atoms with van der Waals surface area (Å²) in [4.78, 5) is 5.67. The second kappa shape index (κ2) is 7.21. The molecule has 0 aliphatic carbocycles. The van der Waals surface area contributed by atoms with E-state index in [-0.39, 0.29) is 11.5 Å². The van der Waals surface area contributed by atoms with Crippen molar-refractivity contribution in [2.45, 2.75) is 45.9 Å². The van der Waals surface area contributed by atoms with Crippen molar-refractivity contribution in [3.8, 4) is 0 Å². The highest BCUT2D eigenvalue weighted by Crippen LogP contribution is 2.22. The van der Waals surface area contributed by atoms with Crippen LogP contribution >= 0.6 is 11.3 Å². The van der Waals surface area contributed by atoms with Gasteiger partial charge in [0, 0.05) is 17.2 Å². The Morgan fingerprint density at radius 2 is 2.00 bits per heavy atom. The third kappa shape index (κ3) is 4.66. The number of sulfone groups is 1. The highest BCUT2D eigenvalue weighted by atomic mass is 32.2. The van der Waals surface area contributed by atoms with Crippen molar-refractivity contribution in [2.75, 3.05) is 12.3 Å². The third-order valence-corrected chi connectivity index (χ3v) is 5.50. The van der Waals surface area contributed by atoms with Gasteiger partial charge in [-0.2, -0.15) is 0 Å². The Morgan fingerprint density at radius 3 is 2.56 bits per heavy atom. The zero-order valence-corrected chi connectivity index (χ0v) is 13.0. The lowest BCUT2D eigenvalue weighted by atomic mass is 10.2. The fraction of sp³-hybridized carbons (Fsp3) is 0.750. The maximum absolute atomic E-state index is 11.6. The first-order valence-electron chi connectivity index (χ1n) is 6.41. The van der Waals surface area contributed by atoms with E-state index in [2.05, 4.69) is 24.1 Å². The molecule has 0 bridgehead atoms. The zero-order chi connectivity index (χ0) is 13.6. The van der Waals surface area contributed by atoms with Gasteiger partial charge in [0.15, 0.2) is 9.84 Å². The van der Waals surface area contributed by atoms with Crippen molar-refractivity contribution in [3.05, 3.63) is 15.6 Å². The molecule has 1 aromatic heterocycles. The first kappa shape index (κ1) is 15.6. The van der Waals surface area contributed by atoms with E-state index >= 15 is 0 Å². The zero-order valence-electron chi connectivity index (χ0n) is 11.3. The van der Waals surface area contributed by atoms with Crippen LogP contribution in [0.1, 0.15) is 42.8 Å². The fourth-order valence-electron chi connectivity index (χ4n) is 1.60. The van der Waals surface area contributed by atoms with Gasteiger partial charge in [-0.1, -0.05) is 27.2 Å². The minimum absolute atomic E-state index is 0.0804. The molecule has 6 heteroatoms. The van der Waals surface area contributed by atoms with Gasteiger partial charge >= 0.3 is 0 Å². The van der Waals surface area contributed by atoms with Crippen molar-refractivity contribution in [1.29, 1.82) is 0 Å². The summed E-state index contributed by atoms with van der Waals surface area (Å²) in [5.41, 5.74) is 1.06. The lowest BCUT2D eigenvalue weighted by Gasteiger charge is -2.00. The van der Waals surface area contributed by atoms with Gasteiger partial charge < -0.3 is 5.32 Å². The maximum Gasteiger partial charge on any atom is 0.156 e. The molecule has 0 amide bonds. The Bertz CT molecular complexity index is 466. The largest absolute Gasteiger partial charge is 0.312 e. The van der Waals surface area contributed by atoms with Crippen LogP contribution in [0.25, 0.3) is 0 Å². The summed E-state index contributed by atoms with van der Waals surface area (Å²) >= 11 is 1.53. The minimum atomic E-state index is -2.98. The number of thiazole rings is 1. The van der Waals surface area contributed by atoms with Crippen LogP contribution in [0.4, 0.5) is 0 Å². The molecule has 1 rings (SSSR count). The molecule has 0 saturated heterocycles. The van der Waals surface area contributed by atoms with Crippen molar-refractivity contribution >= 4 is 21.2 Å². The fourth-order valence-corrected chi connectivity index (χ4v) is 3.90. The second-order valence-corrected chi connectivity index (χ2v) is 7.71. The van der Waals surface area contributed by atoms with Crippen LogP contribution in [-0.2, 0) is 28.6 Å². The van der Waals surface area contributed by atoms with Crippen LogP contribution in [0.5, 0.6) is 0 Å². The summed E-state index contributed by atoms with van der Waals surface area (Å²) in [5, 5.41) is 4.00. The van der Waals surface area contributed by atoms with Crippen LogP contribution in [0.2, 0.25) is 0 Å². The lowest BCUT2D eigenvalue weighted by molar-refractivity contribution is 0.596. The highest BCUT2D eigenvalue weighted by molar-refractivity contribution is 7.90. The molecule has 0 unspecified atom stereocenters. The summed E-state index contributed by atoms with van der Waals surface area (Å²) < 4.78 is 23.2. The van der Waals surface area contributed by atoms with E-state index in [1.807, 2.05) is 0 Å². The minimum Gasteiger partial charge on any atom is -0.312 e. The van der Waals surface area contributed by atoms with Gasteiger partial charge in [0.2, 0.25) is 0 Å². The van der Waals surface area contributed by atoms with Crippen LogP contribution in [0, 0.1) is 0 Å². The molecule has 0 atom stereocenters. The SMILES string of the molecule is CCCc1nc(CS(=O)(=O)CC)sc1CNCC. The van der Waals surface area contributed by atoms with E-state index in [0.29, 0.717) is 0 Å². The molecule has 4 nitrogen and oxygen atoms in total. The smallest absolute Gasteiger partial charge is 0.156 e. The van der Waals surface area contributed by atoms with Crippen LogP contribution in [-0.4, -0.2) is 25.7 Å². The molecule has 0 radical (unpaired) electrons. The van der Waals surface area contributed by atoms with Crippen LogP contribution < -0.4 is 5.32 Å². The molecule has 0 aromatic carbocycles. The van der Waals surface area contributed by atoms with E-state index in [1.165, 1.54) is 16.2 Å². The summed E-state index contributed by atoms with van der Waals surface area (Å²) in [6.07, 6.45) is 1.95. The molecule has 1 N–H and O–H groups in total. The third-order valence-electron chi connectivity index (χ3n) is 2.63. The van der Waals surface area contributed by atoms with E-state index in [9.17, 15) is 8.42 Å². The Balaban J connectivity index is 2.87. The molecule has 0 fully saturated rings. The first-order valence-corrected chi connectivity index (χ1v) is 9.04. The van der Waals surface area contributed by atoms with Gasteiger partial charge in [-0.25, -0.2) is 13.4 Å². The number of aryl methyl sites for hydroxylation is 1. The molecule has 0 saturated carbocycles. The van der Waals surface area contributed by atoms with Crippen LogP contribution in [0.15, 0.2) is 0 Å². The average molecular weight is 290 g/mol. The Kier molecular flexibility index (Phi) is 6.25. The number of nitrogens with one attached hydrogen (secondary N) is 1. The molecular formula is C12H22N2O2S2. The summed E-state index contributed by atoms with van der Waals surface area (Å²) in [6.45, 7) is 7.54. The highest BCUT2D eigenvalue weighted by Gasteiger charge is 2.15. The number of hydrogen-bond acceptors (Lipinski definition) is 5. The molecular weight excluding hydrogens is 268 g/mol. The van der Waals surface area contributed by atoms with Crippen molar-refractivity contribution < 1.29 is 8.42 Å². The molecule has 1 aromatic rings. The van der Waals surface area contributed by atoms with Gasteiger partial charge in [0.1, 0.15) is 10.8 Å². The Labute approximate surface area is 114 Å². The molecule has 0 aliphatic heterocycles. The molecule has 0 aliphatic rings. The predicted molar refractivity (Wildman–Crippen MR) is 76.7 cm³/mol. The first-order chi connectivity index (χ1) is 8.52. The Hall–Kier alpha value is -0.460. The predicted octanol–water partition coefficient (Wildman–Crippen LogP) is 2.14.